The van der Waals surface area contributed by atoms with E-state index in [4.69, 9.17) is 4.74 Å². The Hall–Kier alpha value is -0.720. The number of aliphatic hydroxyl groups is 1. The first-order chi connectivity index (χ1) is 10.1. The molecule has 1 fully saturated rings. The molecule has 1 saturated heterocycles. The van der Waals surface area contributed by atoms with Gasteiger partial charge in [0.1, 0.15) is 5.60 Å². The Morgan fingerprint density at radius 2 is 1.81 bits per heavy atom. The summed E-state index contributed by atoms with van der Waals surface area (Å²) in [7, 11) is 3.86. The summed E-state index contributed by atoms with van der Waals surface area (Å²) in [5.41, 5.74) is -0.909. The van der Waals surface area contributed by atoms with Gasteiger partial charge < -0.3 is 14.7 Å². The molecule has 0 amide bonds. The van der Waals surface area contributed by atoms with E-state index in [1.807, 2.05) is 35.0 Å². The van der Waals surface area contributed by atoms with Gasteiger partial charge in [-0.2, -0.15) is 0 Å². The molecule has 0 aliphatic carbocycles. The van der Waals surface area contributed by atoms with Crippen molar-refractivity contribution in [2.45, 2.75) is 18.1 Å². The summed E-state index contributed by atoms with van der Waals surface area (Å²) >= 11 is 3.26. The number of hydrogen-bond donors (Lipinski definition) is 1. The molecule has 0 bridgehead atoms. The summed E-state index contributed by atoms with van der Waals surface area (Å²) < 4.78 is 5.58. The Morgan fingerprint density at radius 1 is 1.19 bits per heavy atom. The highest BCUT2D eigenvalue weighted by Crippen LogP contribution is 2.44. The lowest BCUT2D eigenvalue weighted by Gasteiger charge is -2.43. The van der Waals surface area contributed by atoms with Gasteiger partial charge >= 0.3 is 0 Å². The molecule has 21 heavy (non-hydrogen) atoms. The molecule has 0 radical (unpaired) electrons. The molecule has 2 aromatic heterocycles. The highest BCUT2D eigenvalue weighted by molar-refractivity contribution is 7.11. The lowest BCUT2D eigenvalue weighted by Crippen LogP contribution is -2.50. The van der Waals surface area contributed by atoms with Crippen LogP contribution in [-0.2, 0) is 10.3 Å². The van der Waals surface area contributed by atoms with Gasteiger partial charge in [0.2, 0.25) is 0 Å². The fraction of sp³-hybridized carbons (Fsp3) is 0.500. The zero-order chi connectivity index (χ0) is 14.9. The van der Waals surface area contributed by atoms with Gasteiger partial charge in [-0.05, 0) is 36.4 Å². The predicted molar refractivity (Wildman–Crippen MR) is 88.0 cm³/mol. The first kappa shape index (κ1) is 15.2. The minimum atomic E-state index is -0.909. The fourth-order valence-electron chi connectivity index (χ4n) is 3.25. The van der Waals surface area contributed by atoms with Crippen LogP contribution in [0.4, 0.5) is 0 Å². The van der Waals surface area contributed by atoms with Gasteiger partial charge in [0.05, 0.1) is 6.10 Å². The van der Waals surface area contributed by atoms with Crippen LogP contribution in [0.5, 0.6) is 0 Å². The van der Waals surface area contributed by atoms with Gasteiger partial charge in [0.25, 0.3) is 0 Å². The zero-order valence-electron chi connectivity index (χ0n) is 12.4. The summed E-state index contributed by atoms with van der Waals surface area (Å²) in [5.74, 6) is 0.137. The third-order valence-corrected chi connectivity index (χ3v) is 6.30. The smallest absolute Gasteiger partial charge is 0.137 e. The zero-order valence-corrected chi connectivity index (χ0v) is 14.0. The van der Waals surface area contributed by atoms with Gasteiger partial charge in [-0.3, -0.25) is 0 Å². The molecule has 2 atom stereocenters. The lowest BCUT2D eigenvalue weighted by atomic mass is 9.78. The molecule has 3 heterocycles. The molecule has 1 aliphatic heterocycles. The van der Waals surface area contributed by atoms with Crippen LogP contribution in [0, 0.1) is 5.92 Å². The first-order valence-corrected chi connectivity index (χ1v) is 8.92. The Labute approximate surface area is 133 Å². The van der Waals surface area contributed by atoms with E-state index in [0.29, 0.717) is 0 Å². The number of methoxy groups -OCH3 is 1. The van der Waals surface area contributed by atoms with Gasteiger partial charge in [-0.25, -0.2) is 0 Å². The molecule has 0 unspecified atom stereocenters. The quantitative estimate of drug-likeness (QED) is 0.939. The summed E-state index contributed by atoms with van der Waals surface area (Å²) in [4.78, 5) is 4.31. The van der Waals surface area contributed by atoms with Crippen molar-refractivity contribution in [1.82, 2.24) is 4.90 Å². The molecule has 0 aromatic carbocycles. The SMILES string of the molecule is CO[C@H]1C[C@@H](C(O)(c2cccs2)c2cccs2)CN(C)C1. The van der Waals surface area contributed by atoms with E-state index in [9.17, 15) is 5.11 Å². The van der Waals surface area contributed by atoms with Gasteiger partial charge in [0, 0.05) is 35.9 Å². The van der Waals surface area contributed by atoms with Gasteiger partial charge in [-0.15, -0.1) is 22.7 Å². The number of hydrogen-bond acceptors (Lipinski definition) is 5. The number of nitrogens with zero attached hydrogens (tertiary/aromatic N) is 1. The molecular weight excluding hydrogens is 302 g/mol. The largest absolute Gasteiger partial charge is 0.380 e. The molecule has 2 aromatic rings. The monoisotopic (exact) mass is 323 g/mol. The molecule has 0 spiro atoms. The normalized spacial score (nSPS) is 24.3. The van der Waals surface area contributed by atoms with Crippen molar-refractivity contribution in [1.29, 1.82) is 0 Å². The minimum Gasteiger partial charge on any atom is -0.380 e. The fourth-order valence-corrected chi connectivity index (χ4v) is 5.15. The topological polar surface area (TPSA) is 32.7 Å². The van der Waals surface area contributed by atoms with Gasteiger partial charge in [-0.1, -0.05) is 12.1 Å². The standard InChI is InChI=1S/C16H21NO2S2/c1-17-10-12(9-13(11-17)19-2)16(18,14-5-3-7-20-14)15-6-4-8-21-15/h3-8,12-13,18H,9-11H2,1-2H3/t12-,13+/m1/s1. The lowest BCUT2D eigenvalue weighted by molar-refractivity contribution is -0.0583. The molecular formula is C16H21NO2S2. The van der Waals surface area contributed by atoms with Crippen molar-refractivity contribution in [2.75, 3.05) is 27.2 Å². The van der Waals surface area contributed by atoms with E-state index in [-0.39, 0.29) is 12.0 Å². The number of thiophene rings is 2. The summed E-state index contributed by atoms with van der Waals surface area (Å²) in [6.07, 6.45) is 1.06. The van der Waals surface area contributed by atoms with Crippen LogP contribution in [0.15, 0.2) is 35.0 Å². The highest BCUT2D eigenvalue weighted by Gasteiger charge is 2.45. The van der Waals surface area contributed by atoms with E-state index in [0.717, 1.165) is 29.3 Å². The molecule has 0 saturated carbocycles. The molecule has 3 rings (SSSR count). The van der Waals surface area contributed by atoms with Crippen molar-refractivity contribution < 1.29 is 9.84 Å². The summed E-state index contributed by atoms with van der Waals surface area (Å²) in [5, 5.41) is 15.7. The molecule has 5 heteroatoms. The number of piperidine rings is 1. The second-order valence-electron chi connectivity index (χ2n) is 5.73. The Balaban J connectivity index is 2.00. The average molecular weight is 323 g/mol. The average Bonchev–Trinajstić information content (AvgIpc) is 3.18. The Morgan fingerprint density at radius 3 is 2.29 bits per heavy atom. The van der Waals surface area contributed by atoms with Crippen molar-refractivity contribution in [3.05, 3.63) is 44.8 Å². The van der Waals surface area contributed by atoms with Crippen LogP contribution in [0.1, 0.15) is 16.2 Å². The second kappa shape index (κ2) is 6.18. The number of ether oxygens (including phenoxy) is 1. The molecule has 3 nitrogen and oxygen atoms in total. The summed E-state index contributed by atoms with van der Waals surface area (Å²) in [6.45, 7) is 1.81. The Bertz CT molecular complexity index is 519. The Kier molecular flexibility index (Phi) is 4.47. The van der Waals surface area contributed by atoms with Crippen LogP contribution in [0.25, 0.3) is 0 Å². The summed E-state index contributed by atoms with van der Waals surface area (Å²) in [6, 6.07) is 8.11. The molecule has 114 valence electrons. The number of likely N-dealkylation sites (N-methyl/N-ethyl adjacent to an activating group) is 1. The minimum absolute atomic E-state index is 0.137. The van der Waals surface area contributed by atoms with Crippen molar-refractivity contribution >= 4 is 22.7 Å². The van der Waals surface area contributed by atoms with Crippen LogP contribution in [0.2, 0.25) is 0 Å². The van der Waals surface area contributed by atoms with Gasteiger partial charge in [0.15, 0.2) is 0 Å². The molecule has 1 aliphatic rings. The van der Waals surface area contributed by atoms with Crippen LogP contribution < -0.4 is 0 Å². The third kappa shape index (κ3) is 2.81. The van der Waals surface area contributed by atoms with Crippen molar-refractivity contribution in [3.63, 3.8) is 0 Å². The number of rotatable bonds is 4. The third-order valence-electron chi connectivity index (χ3n) is 4.31. The maximum Gasteiger partial charge on any atom is 0.137 e. The van der Waals surface area contributed by atoms with Crippen LogP contribution >= 0.6 is 22.7 Å². The first-order valence-electron chi connectivity index (χ1n) is 7.16. The van der Waals surface area contributed by atoms with Crippen molar-refractivity contribution in [2.24, 2.45) is 5.92 Å². The maximum atomic E-state index is 11.6. The van der Waals surface area contributed by atoms with E-state index >= 15 is 0 Å². The molecule has 1 N–H and O–H groups in total. The van der Waals surface area contributed by atoms with Crippen LogP contribution in [0.3, 0.4) is 0 Å². The second-order valence-corrected chi connectivity index (χ2v) is 7.63. The highest BCUT2D eigenvalue weighted by atomic mass is 32.1. The maximum absolute atomic E-state index is 11.6. The van der Waals surface area contributed by atoms with E-state index in [1.54, 1.807) is 29.8 Å². The van der Waals surface area contributed by atoms with Crippen molar-refractivity contribution in [3.8, 4) is 0 Å². The van der Waals surface area contributed by atoms with E-state index in [2.05, 4.69) is 11.9 Å². The predicted octanol–water partition coefficient (Wildman–Crippen LogP) is 3.01. The van der Waals surface area contributed by atoms with E-state index < -0.39 is 5.60 Å². The van der Waals surface area contributed by atoms with Crippen LogP contribution in [-0.4, -0.2) is 43.4 Å². The van der Waals surface area contributed by atoms with E-state index in [1.165, 1.54) is 0 Å². The number of likely N-dealkylation sites (tertiary alicyclic amines) is 1.